The van der Waals surface area contributed by atoms with Crippen LogP contribution >= 0.6 is 11.6 Å². The van der Waals surface area contributed by atoms with E-state index in [0.717, 1.165) is 5.56 Å². The predicted molar refractivity (Wildman–Crippen MR) is 79.2 cm³/mol. The van der Waals surface area contributed by atoms with Gasteiger partial charge < -0.3 is 9.47 Å². The summed E-state index contributed by atoms with van der Waals surface area (Å²) in [6.07, 6.45) is 0. The molecule has 0 aliphatic carbocycles. The fourth-order valence-corrected chi connectivity index (χ4v) is 2.30. The van der Waals surface area contributed by atoms with E-state index in [4.69, 9.17) is 21.1 Å². The lowest BCUT2D eigenvalue weighted by molar-refractivity contribution is 0.103. The molecule has 104 valence electrons. The lowest BCUT2D eigenvalue weighted by atomic mass is 10.0. The van der Waals surface area contributed by atoms with Gasteiger partial charge in [-0.05, 0) is 42.8 Å². The Balaban J connectivity index is 2.47. The van der Waals surface area contributed by atoms with Crippen LogP contribution in [0.3, 0.4) is 0 Å². The van der Waals surface area contributed by atoms with Crippen molar-refractivity contribution in [2.75, 3.05) is 14.2 Å². The van der Waals surface area contributed by atoms with Gasteiger partial charge in [-0.2, -0.15) is 0 Å². The van der Waals surface area contributed by atoms with Crippen molar-refractivity contribution in [2.24, 2.45) is 0 Å². The maximum atomic E-state index is 12.6. The number of hydrogen-bond donors (Lipinski definition) is 0. The molecule has 0 amide bonds. The summed E-state index contributed by atoms with van der Waals surface area (Å²) in [7, 11) is 3.09. The Labute approximate surface area is 123 Å². The summed E-state index contributed by atoms with van der Waals surface area (Å²) in [5, 5.41) is 0.542. The lowest BCUT2D eigenvalue weighted by Gasteiger charge is -2.10. The first-order chi connectivity index (χ1) is 9.55. The molecule has 0 saturated carbocycles. The van der Waals surface area contributed by atoms with Gasteiger partial charge in [0.15, 0.2) is 5.78 Å². The summed E-state index contributed by atoms with van der Waals surface area (Å²) in [5.41, 5.74) is 1.96. The van der Waals surface area contributed by atoms with Gasteiger partial charge in [0.25, 0.3) is 0 Å². The summed E-state index contributed by atoms with van der Waals surface area (Å²) in [4.78, 5) is 12.6. The van der Waals surface area contributed by atoms with Crippen LogP contribution < -0.4 is 9.47 Å². The molecule has 3 nitrogen and oxygen atoms in total. The second-order valence-electron chi connectivity index (χ2n) is 4.41. The zero-order chi connectivity index (χ0) is 14.7. The van der Waals surface area contributed by atoms with Crippen molar-refractivity contribution >= 4 is 17.4 Å². The van der Waals surface area contributed by atoms with Crippen molar-refractivity contribution in [3.05, 3.63) is 58.1 Å². The van der Waals surface area contributed by atoms with Crippen LogP contribution in [0.2, 0.25) is 5.02 Å². The molecule has 0 aliphatic heterocycles. The van der Waals surface area contributed by atoms with Crippen LogP contribution in [-0.2, 0) is 0 Å². The molecule has 0 spiro atoms. The zero-order valence-corrected chi connectivity index (χ0v) is 12.3. The molecular formula is C16H15ClO3. The number of hydrogen-bond acceptors (Lipinski definition) is 3. The van der Waals surface area contributed by atoms with Crippen LogP contribution in [0, 0.1) is 6.92 Å². The van der Waals surface area contributed by atoms with Gasteiger partial charge in [0.05, 0.1) is 19.8 Å². The topological polar surface area (TPSA) is 35.5 Å². The first-order valence-electron chi connectivity index (χ1n) is 6.09. The highest BCUT2D eigenvalue weighted by atomic mass is 35.5. The minimum atomic E-state index is -0.130. The molecular weight excluding hydrogens is 276 g/mol. The number of aryl methyl sites for hydroxylation is 1. The van der Waals surface area contributed by atoms with Crippen molar-refractivity contribution in [1.82, 2.24) is 0 Å². The van der Waals surface area contributed by atoms with E-state index in [9.17, 15) is 4.79 Å². The van der Waals surface area contributed by atoms with E-state index in [2.05, 4.69) is 0 Å². The maximum absolute atomic E-state index is 12.6. The van der Waals surface area contributed by atoms with E-state index in [1.807, 2.05) is 13.0 Å². The lowest BCUT2D eigenvalue weighted by Crippen LogP contribution is -2.04. The molecule has 2 aromatic rings. The van der Waals surface area contributed by atoms with Gasteiger partial charge in [0, 0.05) is 16.7 Å². The van der Waals surface area contributed by atoms with Gasteiger partial charge in [0.1, 0.15) is 11.5 Å². The molecule has 0 fully saturated rings. The van der Waals surface area contributed by atoms with Crippen LogP contribution in [0.5, 0.6) is 11.5 Å². The smallest absolute Gasteiger partial charge is 0.196 e. The summed E-state index contributed by atoms with van der Waals surface area (Å²) in [6, 6.07) is 10.4. The van der Waals surface area contributed by atoms with Crippen molar-refractivity contribution < 1.29 is 14.3 Å². The van der Waals surface area contributed by atoms with E-state index in [1.165, 1.54) is 7.11 Å². The van der Waals surface area contributed by atoms with Gasteiger partial charge in [-0.1, -0.05) is 11.6 Å². The standard InChI is InChI=1S/C16H15ClO3/c1-10-6-11(8-12(17)7-10)16(18)14-5-4-13(19-2)9-15(14)20-3/h4-9H,1-3H3. The molecule has 2 rings (SSSR count). The fourth-order valence-electron chi connectivity index (χ4n) is 2.01. The minimum Gasteiger partial charge on any atom is -0.497 e. The van der Waals surface area contributed by atoms with Crippen LogP contribution in [0.4, 0.5) is 0 Å². The first kappa shape index (κ1) is 14.4. The first-order valence-corrected chi connectivity index (χ1v) is 6.47. The highest BCUT2D eigenvalue weighted by molar-refractivity contribution is 6.31. The molecule has 0 saturated heterocycles. The molecule has 0 atom stereocenters. The number of rotatable bonds is 4. The molecule has 0 aromatic heterocycles. The number of ether oxygens (including phenoxy) is 2. The summed E-state index contributed by atoms with van der Waals surface area (Å²) >= 11 is 6.00. The largest absolute Gasteiger partial charge is 0.497 e. The molecule has 0 N–H and O–H groups in total. The van der Waals surface area contributed by atoms with Gasteiger partial charge in [-0.3, -0.25) is 4.79 Å². The third-order valence-electron chi connectivity index (χ3n) is 2.96. The number of halogens is 1. The monoisotopic (exact) mass is 290 g/mol. The van der Waals surface area contributed by atoms with E-state index in [1.54, 1.807) is 37.4 Å². The highest BCUT2D eigenvalue weighted by Crippen LogP contribution is 2.27. The summed E-state index contributed by atoms with van der Waals surface area (Å²) in [5.74, 6) is 0.989. The number of ketones is 1. The average Bonchev–Trinajstić information content (AvgIpc) is 2.44. The molecule has 20 heavy (non-hydrogen) atoms. The van der Waals surface area contributed by atoms with Crippen molar-refractivity contribution in [1.29, 1.82) is 0 Å². The van der Waals surface area contributed by atoms with E-state index in [0.29, 0.717) is 27.6 Å². The third-order valence-corrected chi connectivity index (χ3v) is 3.18. The van der Waals surface area contributed by atoms with Gasteiger partial charge >= 0.3 is 0 Å². The zero-order valence-electron chi connectivity index (χ0n) is 11.6. The third kappa shape index (κ3) is 2.94. The molecule has 0 aliphatic rings. The summed E-state index contributed by atoms with van der Waals surface area (Å²) < 4.78 is 10.4. The van der Waals surface area contributed by atoms with Gasteiger partial charge in [0.2, 0.25) is 0 Å². The molecule has 0 heterocycles. The Hall–Kier alpha value is -2.00. The van der Waals surface area contributed by atoms with Crippen molar-refractivity contribution in [2.45, 2.75) is 6.92 Å². The minimum absolute atomic E-state index is 0.130. The Morgan fingerprint density at radius 2 is 1.80 bits per heavy atom. The second-order valence-corrected chi connectivity index (χ2v) is 4.85. The predicted octanol–water partition coefficient (Wildman–Crippen LogP) is 3.90. The Morgan fingerprint density at radius 3 is 2.40 bits per heavy atom. The van der Waals surface area contributed by atoms with Crippen molar-refractivity contribution in [3.63, 3.8) is 0 Å². The Kier molecular flexibility index (Phi) is 4.30. The van der Waals surface area contributed by atoms with E-state index >= 15 is 0 Å². The second kappa shape index (κ2) is 5.97. The number of carbonyl (C=O) groups excluding carboxylic acids is 1. The van der Waals surface area contributed by atoms with Crippen LogP contribution in [-0.4, -0.2) is 20.0 Å². The van der Waals surface area contributed by atoms with Crippen LogP contribution in [0.15, 0.2) is 36.4 Å². The summed E-state index contributed by atoms with van der Waals surface area (Å²) in [6.45, 7) is 1.90. The molecule has 2 aromatic carbocycles. The number of benzene rings is 2. The molecule has 4 heteroatoms. The van der Waals surface area contributed by atoms with E-state index in [-0.39, 0.29) is 5.78 Å². The quantitative estimate of drug-likeness (QED) is 0.801. The maximum Gasteiger partial charge on any atom is 0.196 e. The van der Waals surface area contributed by atoms with Crippen LogP contribution in [0.1, 0.15) is 21.5 Å². The number of carbonyl (C=O) groups is 1. The number of methoxy groups -OCH3 is 2. The van der Waals surface area contributed by atoms with Crippen LogP contribution in [0.25, 0.3) is 0 Å². The van der Waals surface area contributed by atoms with Gasteiger partial charge in [-0.25, -0.2) is 0 Å². The van der Waals surface area contributed by atoms with Crippen molar-refractivity contribution in [3.8, 4) is 11.5 Å². The molecule has 0 unspecified atom stereocenters. The fraction of sp³-hybridized carbons (Fsp3) is 0.188. The highest BCUT2D eigenvalue weighted by Gasteiger charge is 2.16. The van der Waals surface area contributed by atoms with Gasteiger partial charge in [-0.15, -0.1) is 0 Å². The molecule has 0 bridgehead atoms. The Morgan fingerprint density at radius 1 is 1.05 bits per heavy atom. The Bertz CT molecular complexity index is 630. The SMILES string of the molecule is COc1ccc(C(=O)c2cc(C)cc(Cl)c2)c(OC)c1. The normalized spacial score (nSPS) is 10.2. The van der Waals surface area contributed by atoms with E-state index < -0.39 is 0 Å². The molecule has 0 radical (unpaired) electrons. The average molecular weight is 291 g/mol.